The quantitative estimate of drug-likeness (QED) is 0.777. The number of benzene rings is 1. The van der Waals surface area contributed by atoms with Crippen LogP contribution in [-0.4, -0.2) is 30.1 Å². The molecule has 112 valence electrons. The summed E-state index contributed by atoms with van der Waals surface area (Å²) >= 11 is 0. The van der Waals surface area contributed by atoms with Gasteiger partial charge in [-0.1, -0.05) is 32.0 Å². The summed E-state index contributed by atoms with van der Waals surface area (Å²) in [6, 6.07) is 11.6. The minimum absolute atomic E-state index is 0.633. The SMILES string of the molecule is CCN(CC)Cc1cccnc1Oc1ccccc1OC. The molecule has 0 fully saturated rings. The van der Waals surface area contributed by atoms with Crippen LogP contribution in [0.5, 0.6) is 17.4 Å². The summed E-state index contributed by atoms with van der Waals surface area (Å²) in [5, 5.41) is 0. The Morgan fingerprint density at radius 3 is 2.38 bits per heavy atom. The van der Waals surface area contributed by atoms with Crippen LogP contribution in [0.3, 0.4) is 0 Å². The molecular weight excluding hydrogens is 264 g/mol. The zero-order valence-electron chi connectivity index (χ0n) is 12.9. The molecule has 21 heavy (non-hydrogen) atoms. The van der Waals surface area contributed by atoms with Gasteiger partial charge in [-0.05, 0) is 31.3 Å². The lowest BCUT2D eigenvalue weighted by Gasteiger charge is -2.19. The lowest BCUT2D eigenvalue weighted by atomic mass is 10.2. The predicted molar refractivity (Wildman–Crippen MR) is 83.9 cm³/mol. The molecule has 1 aromatic carbocycles. The molecule has 0 atom stereocenters. The van der Waals surface area contributed by atoms with Gasteiger partial charge in [-0.2, -0.15) is 0 Å². The first-order valence-electron chi connectivity index (χ1n) is 7.25. The summed E-state index contributed by atoms with van der Waals surface area (Å²) in [5.74, 6) is 2.02. The van der Waals surface area contributed by atoms with Gasteiger partial charge in [-0.25, -0.2) is 4.98 Å². The van der Waals surface area contributed by atoms with Gasteiger partial charge < -0.3 is 9.47 Å². The molecule has 0 saturated carbocycles. The zero-order chi connectivity index (χ0) is 15.1. The average Bonchev–Trinajstić information content (AvgIpc) is 2.54. The van der Waals surface area contributed by atoms with Crippen molar-refractivity contribution in [3.05, 3.63) is 48.2 Å². The molecule has 0 N–H and O–H groups in total. The molecule has 0 amide bonds. The zero-order valence-corrected chi connectivity index (χ0v) is 12.9. The highest BCUT2D eigenvalue weighted by Gasteiger charge is 2.11. The number of para-hydroxylation sites is 2. The summed E-state index contributed by atoms with van der Waals surface area (Å²) in [6.45, 7) is 7.13. The minimum atomic E-state index is 0.633. The fourth-order valence-corrected chi connectivity index (χ4v) is 2.13. The van der Waals surface area contributed by atoms with Gasteiger partial charge in [0.1, 0.15) is 0 Å². The third kappa shape index (κ3) is 3.95. The molecule has 0 saturated heterocycles. The van der Waals surface area contributed by atoms with Gasteiger partial charge >= 0.3 is 0 Å². The smallest absolute Gasteiger partial charge is 0.223 e. The highest BCUT2D eigenvalue weighted by molar-refractivity contribution is 5.42. The molecule has 0 aliphatic heterocycles. The van der Waals surface area contributed by atoms with Gasteiger partial charge in [0.25, 0.3) is 0 Å². The molecule has 2 rings (SSSR count). The number of pyridine rings is 1. The van der Waals surface area contributed by atoms with Crippen LogP contribution in [0, 0.1) is 0 Å². The van der Waals surface area contributed by atoms with E-state index in [2.05, 4.69) is 29.8 Å². The number of rotatable bonds is 7. The maximum absolute atomic E-state index is 5.96. The molecule has 0 spiro atoms. The maximum atomic E-state index is 5.96. The van der Waals surface area contributed by atoms with E-state index in [9.17, 15) is 0 Å². The van der Waals surface area contributed by atoms with Crippen LogP contribution in [0.2, 0.25) is 0 Å². The van der Waals surface area contributed by atoms with Crippen LogP contribution in [0.4, 0.5) is 0 Å². The number of ether oxygens (including phenoxy) is 2. The molecule has 4 heteroatoms. The van der Waals surface area contributed by atoms with Gasteiger partial charge in [-0.15, -0.1) is 0 Å². The Balaban J connectivity index is 2.24. The first kappa shape index (κ1) is 15.3. The van der Waals surface area contributed by atoms with Crippen molar-refractivity contribution in [2.45, 2.75) is 20.4 Å². The number of methoxy groups -OCH3 is 1. The van der Waals surface area contributed by atoms with Crippen molar-refractivity contribution in [1.82, 2.24) is 9.88 Å². The van der Waals surface area contributed by atoms with Gasteiger partial charge in [0, 0.05) is 18.3 Å². The molecule has 0 bridgehead atoms. The average molecular weight is 286 g/mol. The van der Waals surface area contributed by atoms with Gasteiger partial charge in [-0.3, -0.25) is 4.90 Å². The molecule has 0 unspecified atom stereocenters. The predicted octanol–water partition coefficient (Wildman–Crippen LogP) is 3.72. The molecule has 0 radical (unpaired) electrons. The fourth-order valence-electron chi connectivity index (χ4n) is 2.13. The first-order chi connectivity index (χ1) is 10.3. The summed E-state index contributed by atoms with van der Waals surface area (Å²) < 4.78 is 11.3. The highest BCUT2D eigenvalue weighted by Crippen LogP contribution is 2.31. The Morgan fingerprint density at radius 1 is 1.00 bits per heavy atom. The van der Waals surface area contributed by atoms with E-state index in [1.54, 1.807) is 13.3 Å². The lowest BCUT2D eigenvalue weighted by molar-refractivity contribution is 0.289. The first-order valence-corrected chi connectivity index (χ1v) is 7.25. The largest absolute Gasteiger partial charge is 0.493 e. The summed E-state index contributed by atoms with van der Waals surface area (Å²) in [7, 11) is 1.64. The van der Waals surface area contributed by atoms with Crippen LogP contribution in [0.25, 0.3) is 0 Å². The molecular formula is C17H22N2O2. The van der Waals surface area contributed by atoms with Crippen LogP contribution >= 0.6 is 0 Å². The van der Waals surface area contributed by atoms with Crippen molar-refractivity contribution >= 4 is 0 Å². The van der Waals surface area contributed by atoms with E-state index in [4.69, 9.17) is 9.47 Å². The standard InChI is InChI=1S/C17H22N2O2/c1-4-19(5-2)13-14-9-8-12-18-17(14)21-16-11-7-6-10-15(16)20-3/h6-12H,4-5,13H2,1-3H3. The Hall–Kier alpha value is -2.07. The fraction of sp³-hybridized carbons (Fsp3) is 0.353. The maximum Gasteiger partial charge on any atom is 0.223 e. The second-order valence-electron chi connectivity index (χ2n) is 4.68. The topological polar surface area (TPSA) is 34.6 Å². The third-order valence-corrected chi connectivity index (χ3v) is 3.41. The number of hydrogen-bond acceptors (Lipinski definition) is 4. The van der Waals surface area contributed by atoms with E-state index in [-0.39, 0.29) is 0 Å². The summed E-state index contributed by atoms with van der Waals surface area (Å²) in [5.41, 5.74) is 1.08. The van der Waals surface area contributed by atoms with Crippen molar-refractivity contribution < 1.29 is 9.47 Å². The van der Waals surface area contributed by atoms with Crippen LogP contribution in [0.1, 0.15) is 19.4 Å². The van der Waals surface area contributed by atoms with E-state index >= 15 is 0 Å². The second kappa shape index (κ2) is 7.64. The van der Waals surface area contributed by atoms with E-state index in [1.165, 1.54) is 0 Å². The van der Waals surface area contributed by atoms with E-state index in [0.29, 0.717) is 17.4 Å². The van der Waals surface area contributed by atoms with E-state index in [1.807, 2.05) is 30.3 Å². The Labute approximate surface area is 126 Å². The molecule has 2 aromatic rings. The van der Waals surface area contributed by atoms with Crippen molar-refractivity contribution in [2.24, 2.45) is 0 Å². The molecule has 1 heterocycles. The number of hydrogen-bond donors (Lipinski definition) is 0. The summed E-state index contributed by atoms with van der Waals surface area (Å²) in [6.07, 6.45) is 1.75. The van der Waals surface area contributed by atoms with E-state index in [0.717, 1.165) is 25.2 Å². The molecule has 0 aliphatic carbocycles. The van der Waals surface area contributed by atoms with Crippen molar-refractivity contribution in [1.29, 1.82) is 0 Å². The minimum Gasteiger partial charge on any atom is -0.493 e. The molecule has 4 nitrogen and oxygen atoms in total. The Bertz CT molecular complexity index is 568. The van der Waals surface area contributed by atoms with Gasteiger partial charge in [0.2, 0.25) is 5.88 Å². The van der Waals surface area contributed by atoms with Crippen molar-refractivity contribution in [2.75, 3.05) is 20.2 Å². The third-order valence-electron chi connectivity index (χ3n) is 3.41. The van der Waals surface area contributed by atoms with Gasteiger partial charge in [0.05, 0.1) is 7.11 Å². The summed E-state index contributed by atoms with van der Waals surface area (Å²) in [4.78, 5) is 6.69. The molecule has 1 aromatic heterocycles. The lowest BCUT2D eigenvalue weighted by Crippen LogP contribution is -2.22. The van der Waals surface area contributed by atoms with Crippen molar-refractivity contribution in [3.63, 3.8) is 0 Å². The number of aromatic nitrogens is 1. The highest BCUT2D eigenvalue weighted by atomic mass is 16.5. The van der Waals surface area contributed by atoms with Crippen LogP contribution < -0.4 is 9.47 Å². The number of nitrogens with zero attached hydrogens (tertiary/aromatic N) is 2. The van der Waals surface area contributed by atoms with Crippen LogP contribution in [-0.2, 0) is 6.54 Å². The van der Waals surface area contributed by atoms with Gasteiger partial charge in [0.15, 0.2) is 11.5 Å². The Morgan fingerprint density at radius 2 is 1.71 bits per heavy atom. The van der Waals surface area contributed by atoms with E-state index < -0.39 is 0 Å². The Kier molecular flexibility index (Phi) is 5.58. The second-order valence-corrected chi connectivity index (χ2v) is 4.68. The normalized spacial score (nSPS) is 10.7. The monoisotopic (exact) mass is 286 g/mol. The molecule has 0 aliphatic rings. The van der Waals surface area contributed by atoms with Crippen LogP contribution in [0.15, 0.2) is 42.6 Å². The van der Waals surface area contributed by atoms with Crippen molar-refractivity contribution in [3.8, 4) is 17.4 Å².